The Bertz CT molecular complexity index is 703. The molecular formula is C17H18O6. The number of carbonyl (C=O) groups is 1. The molecule has 0 spiro atoms. The van der Waals surface area contributed by atoms with Crippen molar-refractivity contribution in [2.24, 2.45) is 0 Å². The number of ether oxygens (including phenoxy) is 3. The second kappa shape index (κ2) is 7.49. The lowest BCUT2D eigenvalue weighted by atomic mass is 10.1. The van der Waals surface area contributed by atoms with Gasteiger partial charge in [0, 0.05) is 6.07 Å². The van der Waals surface area contributed by atoms with Crippen LogP contribution in [-0.4, -0.2) is 26.3 Å². The van der Waals surface area contributed by atoms with Crippen LogP contribution in [-0.2, 0) is 4.74 Å². The molecule has 6 nitrogen and oxygen atoms in total. The van der Waals surface area contributed by atoms with Crippen molar-refractivity contribution in [2.45, 2.75) is 13.8 Å². The highest BCUT2D eigenvalue weighted by molar-refractivity contribution is 5.91. The van der Waals surface area contributed by atoms with Gasteiger partial charge >= 0.3 is 11.6 Å². The third kappa shape index (κ3) is 4.35. The number of methoxy groups -OCH3 is 1. The lowest BCUT2D eigenvalue weighted by molar-refractivity contribution is 0.0445. The SMILES string of the molecule is COc1ccc(OCCOC(=O)c2c(C)cc(=O)oc2C)cc1. The van der Waals surface area contributed by atoms with Crippen molar-refractivity contribution in [1.29, 1.82) is 0 Å². The van der Waals surface area contributed by atoms with E-state index in [2.05, 4.69) is 0 Å². The van der Waals surface area contributed by atoms with E-state index in [1.165, 1.54) is 6.07 Å². The van der Waals surface area contributed by atoms with Gasteiger partial charge in [0.2, 0.25) is 0 Å². The zero-order chi connectivity index (χ0) is 16.8. The van der Waals surface area contributed by atoms with E-state index in [0.717, 1.165) is 5.75 Å². The maximum absolute atomic E-state index is 12.0. The van der Waals surface area contributed by atoms with Crippen molar-refractivity contribution in [1.82, 2.24) is 0 Å². The fourth-order valence-electron chi connectivity index (χ4n) is 2.10. The second-order valence-electron chi connectivity index (χ2n) is 4.84. The van der Waals surface area contributed by atoms with Crippen molar-refractivity contribution in [3.05, 3.63) is 57.6 Å². The summed E-state index contributed by atoms with van der Waals surface area (Å²) in [6, 6.07) is 8.35. The molecule has 122 valence electrons. The highest BCUT2D eigenvalue weighted by Crippen LogP contribution is 2.17. The van der Waals surface area contributed by atoms with Gasteiger partial charge in [0.05, 0.1) is 7.11 Å². The Labute approximate surface area is 133 Å². The van der Waals surface area contributed by atoms with E-state index in [0.29, 0.717) is 11.3 Å². The number of carbonyl (C=O) groups excluding carboxylic acids is 1. The van der Waals surface area contributed by atoms with Crippen LogP contribution in [0.25, 0.3) is 0 Å². The first-order valence-electron chi connectivity index (χ1n) is 7.06. The molecule has 1 aromatic heterocycles. The molecule has 0 bridgehead atoms. The molecule has 0 aliphatic rings. The van der Waals surface area contributed by atoms with Gasteiger partial charge in [0.25, 0.3) is 0 Å². The van der Waals surface area contributed by atoms with E-state index < -0.39 is 11.6 Å². The summed E-state index contributed by atoms with van der Waals surface area (Å²) in [5, 5.41) is 0. The minimum absolute atomic E-state index is 0.0862. The normalized spacial score (nSPS) is 10.2. The molecule has 1 aromatic carbocycles. The van der Waals surface area contributed by atoms with Crippen molar-refractivity contribution in [2.75, 3.05) is 20.3 Å². The molecule has 0 aliphatic carbocycles. The van der Waals surface area contributed by atoms with Gasteiger partial charge in [-0.15, -0.1) is 0 Å². The predicted octanol–water partition coefficient (Wildman–Crippen LogP) is 2.50. The summed E-state index contributed by atoms with van der Waals surface area (Å²) in [5.41, 5.74) is 0.313. The van der Waals surface area contributed by atoms with Gasteiger partial charge in [-0.2, -0.15) is 0 Å². The number of aryl methyl sites for hydroxylation is 2. The lowest BCUT2D eigenvalue weighted by Crippen LogP contribution is -2.16. The zero-order valence-corrected chi connectivity index (χ0v) is 13.3. The maximum atomic E-state index is 12.0. The molecule has 2 aromatic rings. The van der Waals surface area contributed by atoms with Crippen LogP contribution in [0.4, 0.5) is 0 Å². The van der Waals surface area contributed by atoms with E-state index in [1.807, 2.05) is 0 Å². The summed E-state index contributed by atoms with van der Waals surface area (Å²) in [4.78, 5) is 23.2. The summed E-state index contributed by atoms with van der Waals surface area (Å²) in [6.07, 6.45) is 0. The minimum atomic E-state index is -0.540. The number of hydrogen-bond acceptors (Lipinski definition) is 6. The first-order valence-corrected chi connectivity index (χ1v) is 7.06. The predicted molar refractivity (Wildman–Crippen MR) is 83.2 cm³/mol. The topological polar surface area (TPSA) is 75.0 Å². The summed E-state index contributed by atoms with van der Waals surface area (Å²) in [5.74, 6) is 1.10. The van der Waals surface area contributed by atoms with Crippen LogP contribution in [0.3, 0.4) is 0 Å². The van der Waals surface area contributed by atoms with Gasteiger partial charge in [-0.1, -0.05) is 0 Å². The highest BCUT2D eigenvalue weighted by atomic mass is 16.6. The van der Waals surface area contributed by atoms with Gasteiger partial charge in [0.15, 0.2) is 0 Å². The average Bonchev–Trinajstić information content (AvgIpc) is 2.51. The van der Waals surface area contributed by atoms with E-state index in [9.17, 15) is 9.59 Å². The Hall–Kier alpha value is -2.76. The van der Waals surface area contributed by atoms with Crippen LogP contribution < -0.4 is 15.1 Å². The average molecular weight is 318 g/mol. The zero-order valence-electron chi connectivity index (χ0n) is 13.3. The maximum Gasteiger partial charge on any atom is 0.341 e. The lowest BCUT2D eigenvalue weighted by Gasteiger charge is -2.10. The standard InChI is InChI=1S/C17H18O6/c1-11-10-15(18)23-12(2)16(11)17(19)22-9-8-21-14-6-4-13(20-3)5-7-14/h4-7,10H,8-9H2,1-3H3. The van der Waals surface area contributed by atoms with Crippen LogP contribution in [0.15, 0.2) is 39.5 Å². The summed E-state index contributed by atoms with van der Waals surface area (Å²) < 4.78 is 20.6. The number of esters is 1. The van der Waals surface area contributed by atoms with E-state index in [4.69, 9.17) is 18.6 Å². The molecule has 0 aliphatic heterocycles. The fourth-order valence-corrected chi connectivity index (χ4v) is 2.10. The molecule has 0 radical (unpaired) electrons. The van der Waals surface area contributed by atoms with E-state index >= 15 is 0 Å². The third-order valence-corrected chi connectivity index (χ3v) is 3.18. The van der Waals surface area contributed by atoms with E-state index in [1.54, 1.807) is 45.2 Å². The van der Waals surface area contributed by atoms with Crippen LogP contribution in [0.1, 0.15) is 21.7 Å². The smallest absolute Gasteiger partial charge is 0.341 e. The molecular weight excluding hydrogens is 300 g/mol. The van der Waals surface area contributed by atoms with Gasteiger partial charge in [-0.3, -0.25) is 0 Å². The van der Waals surface area contributed by atoms with Crippen molar-refractivity contribution >= 4 is 5.97 Å². The molecule has 0 unspecified atom stereocenters. The van der Waals surface area contributed by atoms with Crippen molar-refractivity contribution in [3.8, 4) is 11.5 Å². The summed E-state index contributed by atoms with van der Waals surface area (Å²) in [7, 11) is 1.59. The molecule has 6 heteroatoms. The Morgan fingerprint density at radius 3 is 2.35 bits per heavy atom. The highest BCUT2D eigenvalue weighted by Gasteiger charge is 2.16. The number of benzene rings is 1. The largest absolute Gasteiger partial charge is 0.497 e. The van der Waals surface area contributed by atoms with E-state index in [-0.39, 0.29) is 24.5 Å². The minimum Gasteiger partial charge on any atom is -0.497 e. The van der Waals surface area contributed by atoms with Crippen molar-refractivity contribution < 1.29 is 23.4 Å². The molecule has 2 rings (SSSR count). The fraction of sp³-hybridized carbons (Fsp3) is 0.294. The quantitative estimate of drug-likeness (QED) is 0.602. The molecule has 0 N–H and O–H groups in total. The molecule has 0 saturated carbocycles. The molecule has 0 amide bonds. The molecule has 0 saturated heterocycles. The molecule has 1 heterocycles. The van der Waals surface area contributed by atoms with Gasteiger partial charge < -0.3 is 18.6 Å². The number of hydrogen-bond donors (Lipinski definition) is 0. The second-order valence-corrected chi connectivity index (χ2v) is 4.84. The van der Waals surface area contributed by atoms with Gasteiger partial charge in [-0.05, 0) is 43.7 Å². The Balaban J connectivity index is 1.86. The van der Waals surface area contributed by atoms with Gasteiger partial charge in [-0.25, -0.2) is 9.59 Å². The van der Waals surface area contributed by atoms with Gasteiger partial charge in [0.1, 0.15) is 36.0 Å². The monoisotopic (exact) mass is 318 g/mol. The third-order valence-electron chi connectivity index (χ3n) is 3.18. The Kier molecular flexibility index (Phi) is 5.41. The Morgan fingerprint density at radius 1 is 1.09 bits per heavy atom. The van der Waals surface area contributed by atoms with Crippen LogP contribution in [0, 0.1) is 13.8 Å². The first kappa shape index (κ1) is 16.6. The van der Waals surface area contributed by atoms with Crippen LogP contribution >= 0.6 is 0 Å². The molecule has 0 atom stereocenters. The summed E-state index contributed by atoms with van der Waals surface area (Å²) >= 11 is 0. The van der Waals surface area contributed by atoms with Crippen LogP contribution in [0.2, 0.25) is 0 Å². The molecule has 23 heavy (non-hydrogen) atoms. The number of rotatable bonds is 6. The summed E-state index contributed by atoms with van der Waals surface area (Å²) in [6.45, 7) is 3.52. The van der Waals surface area contributed by atoms with Crippen molar-refractivity contribution in [3.63, 3.8) is 0 Å². The van der Waals surface area contributed by atoms with Crippen LogP contribution in [0.5, 0.6) is 11.5 Å². The Morgan fingerprint density at radius 2 is 1.74 bits per heavy atom. The molecule has 0 fully saturated rings. The first-order chi connectivity index (χ1) is 11.0.